The largest absolute Gasteiger partial charge is 0.387 e. The molecule has 0 aromatic carbocycles. The lowest BCUT2D eigenvalue weighted by atomic mass is 10.1. The summed E-state index contributed by atoms with van der Waals surface area (Å²) in [7, 11) is -3.00. The van der Waals surface area contributed by atoms with E-state index < -0.39 is 15.1 Å². The van der Waals surface area contributed by atoms with Gasteiger partial charge in [0.25, 0.3) is 5.89 Å². The lowest BCUT2D eigenvalue weighted by molar-refractivity contribution is 0.222. The van der Waals surface area contributed by atoms with E-state index in [1.807, 2.05) is 0 Å². The number of rotatable bonds is 3. The summed E-state index contributed by atoms with van der Waals surface area (Å²) in [5.41, 5.74) is 0. The molecule has 1 aromatic rings. The van der Waals surface area contributed by atoms with Gasteiger partial charge in [-0.1, -0.05) is 11.6 Å². The summed E-state index contributed by atoms with van der Waals surface area (Å²) in [5.74, 6) is 0.741. The molecule has 0 spiro atoms. The molecule has 0 radical (unpaired) electrons. The van der Waals surface area contributed by atoms with Gasteiger partial charge in [0.15, 0.2) is 15.7 Å². The highest BCUT2D eigenvalue weighted by atomic mass is 32.2. The summed E-state index contributed by atoms with van der Waals surface area (Å²) in [4.78, 5) is 3.90. The average Bonchev–Trinajstić information content (AvgIpc) is 2.69. The van der Waals surface area contributed by atoms with Crippen LogP contribution in [0, 0.1) is 0 Å². The highest BCUT2D eigenvalue weighted by Gasteiger charge is 2.30. The monoisotopic (exact) mass is 246 g/mol. The van der Waals surface area contributed by atoms with Crippen molar-refractivity contribution in [1.82, 2.24) is 10.1 Å². The summed E-state index contributed by atoms with van der Waals surface area (Å²) >= 11 is 0. The minimum Gasteiger partial charge on any atom is -0.387 e. The van der Waals surface area contributed by atoms with Crippen LogP contribution in [0.5, 0.6) is 0 Å². The second kappa shape index (κ2) is 4.50. The van der Waals surface area contributed by atoms with E-state index in [0.29, 0.717) is 12.2 Å². The van der Waals surface area contributed by atoms with Crippen molar-refractivity contribution >= 4 is 9.84 Å². The molecule has 1 unspecified atom stereocenters. The summed E-state index contributed by atoms with van der Waals surface area (Å²) in [5, 5.41) is 12.0. The summed E-state index contributed by atoms with van der Waals surface area (Å²) < 4.78 is 28.2. The van der Waals surface area contributed by atoms with Gasteiger partial charge in [0.1, 0.15) is 6.61 Å². The maximum Gasteiger partial charge on any atom is 0.252 e. The number of hydrogen-bond donors (Lipinski definition) is 1. The molecule has 7 heteroatoms. The van der Waals surface area contributed by atoms with Gasteiger partial charge in [-0.15, -0.1) is 0 Å². The van der Waals surface area contributed by atoms with Crippen molar-refractivity contribution in [3.63, 3.8) is 0 Å². The molecule has 2 rings (SSSR count). The Balaban J connectivity index is 2.08. The molecule has 2 heterocycles. The first kappa shape index (κ1) is 11.5. The van der Waals surface area contributed by atoms with Gasteiger partial charge in [-0.05, 0) is 12.8 Å². The van der Waals surface area contributed by atoms with Crippen LogP contribution in [0.4, 0.5) is 0 Å². The van der Waals surface area contributed by atoms with Gasteiger partial charge in [0.05, 0.1) is 11.0 Å². The normalized spacial score (nSPS) is 24.4. The fraction of sp³-hybridized carbons (Fsp3) is 0.778. The third-order valence-electron chi connectivity index (χ3n) is 2.77. The summed E-state index contributed by atoms with van der Waals surface area (Å²) in [6.45, 7) is -0.315. The second-order valence-corrected chi connectivity index (χ2v) is 6.35. The third kappa shape index (κ3) is 2.41. The van der Waals surface area contributed by atoms with Gasteiger partial charge in [-0.25, -0.2) is 8.42 Å². The van der Waals surface area contributed by atoms with Gasteiger partial charge in [-0.2, -0.15) is 4.98 Å². The first-order valence-corrected chi connectivity index (χ1v) is 6.97. The average molecular weight is 246 g/mol. The molecule has 1 saturated heterocycles. The fourth-order valence-corrected chi connectivity index (χ4v) is 3.76. The zero-order valence-corrected chi connectivity index (χ0v) is 9.61. The highest BCUT2D eigenvalue weighted by molar-refractivity contribution is 7.92. The molecule has 16 heavy (non-hydrogen) atoms. The molecule has 0 bridgehead atoms. The Morgan fingerprint density at radius 2 is 2.25 bits per heavy atom. The van der Waals surface area contributed by atoms with Crippen molar-refractivity contribution < 1.29 is 18.0 Å². The number of sulfone groups is 1. The van der Waals surface area contributed by atoms with Crippen molar-refractivity contribution in [1.29, 1.82) is 0 Å². The molecule has 0 saturated carbocycles. The second-order valence-electron chi connectivity index (χ2n) is 3.95. The molecule has 0 aliphatic carbocycles. The Hall–Kier alpha value is -0.950. The first-order valence-electron chi connectivity index (χ1n) is 5.26. The van der Waals surface area contributed by atoms with Gasteiger partial charge in [-0.3, -0.25) is 0 Å². The third-order valence-corrected chi connectivity index (χ3v) is 5.04. The van der Waals surface area contributed by atoms with E-state index in [9.17, 15) is 8.42 Å². The van der Waals surface area contributed by atoms with E-state index in [1.165, 1.54) is 0 Å². The number of aliphatic hydroxyl groups is 1. The van der Waals surface area contributed by atoms with Gasteiger partial charge in [0.2, 0.25) is 0 Å². The van der Waals surface area contributed by atoms with Gasteiger partial charge in [0, 0.05) is 6.42 Å². The number of aromatic nitrogens is 2. The van der Waals surface area contributed by atoms with Crippen LogP contribution in [-0.4, -0.2) is 34.7 Å². The quantitative estimate of drug-likeness (QED) is 0.811. The van der Waals surface area contributed by atoms with Crippen LogP contribution >= 0.6 is 0 Å². The molecule has 1 aliphatic rings. The van der Waals surface area contributed by atoms with E-state index in [2.05, 4.69) is 10.1 Å². The number of aliphatic hydroxyl groups excluding tert-OH is 1. The van der Waals surface area contributed by atoms with Crippen LogP contribution in [0.15, 0.2) is 4.52 Å². The van der Waals surface area contributed by atoms with Crippen molar-refractivity contribution in [3.05, 3.63) is 11.7 Å². The maximum atomic E-state index is 11.7. The van der Waals surface area contributed by atoms with Crippen LogP contribution in [0.1, 0.15) is 31.0 Å². The fourth-order valence-electron chi connectivity index (χ4n) is 1.89. The van der Waals surface area contributed by atoms with Crippen LogP contribution in [0.3, 0.4) is 0 Å². The number of hydrogen-bond acceptors (Lipinski definition) is 6. The van der Waals surface area contributed by atoms with E-state index in [4.69, 9.17) is 9.63 Å². The topological polar surface area (TPSA) is 93.3 Å². The first-order chi connectivity index (χ1) is 7.62. The van der Waals surface area contributed by atoms with Crippen molar-refractivity contribution in [2.45, 2.75) is 37.5 Å². The lowest BCUT2D eigenvalue weighted by Crippen LogP contribution is -2.30. The molecular formula is C9H14N2O4S. The van der Waals surface area contributed by atoms with E-state index in [1.54, 1.807) is 0 Å². The van der Waals surface area contributed by atoms with E-state index in [0.717, 1.165) is 12.8 Å². The Bertz CT molecular complexity index is 454. The molecule has 1 fully saturated rings. The summed E-state index contributed by atoms with van der Waals surface area (Å²) in [6.07, 6.45) is 2.61. The lowest BCUT2D eigenvalue weighted by Gasteiger charge is -2.20. The van der Waals surface area contributed by atoms with Crippen LogP contribution in [-0.2, 0) is 22.9 Å². The molecule has 1 atom stereocenters. The molecular weight excluding hydrogens is 232 g/mol. The predicted molar refractivity (Wildman–Crippen MR) is 55.4 cm³/mol. The molecule has 1 N–H and O–H groups in total. The number of nitrogens with zero attached hydrogens (tertiary/aromatic N) is 2. The van der Waals surface area contributed by atoms with Gasteiger partial charge >= 0.3 is 0 Å². The van der Waals surface area contributed by atoms with Crippen molar-refractivity contribution in [3.8, 4) is 0 Å². The van der Waals surface area contributed by atoms with Crippen LogP contribution in [0.2, 0.25) is 0 Å². The molecule has 0 amide bonds. The van der Waals surface area contributed by atoms with E-state index in [-0.39, 0.29) is 24.7 Å². The van der Waals surface area contributed by atoms with Gasteiger partial charge < -0.3 is 9.63 Å². The highest BCUT2D eigenvalue weighted by Crippen LogP contribution is 2.22. The molecule has 1 aromatic heterocycles. The Morgan fingerprint density at radius 3 is 2.88 bits per heavy atom. The zero-order chi connectivity index (χ0) is 11.6. The van der Waals surface area contributed by atoms with Crippen LogP contribution in [0.25, 0.3) is 0 Å². The minimum atomic E-state index is -3.00. The SMILES string of the molecule is O=S1(=O)CCCCC1Cc1noc(CO)n1. The van der Waals surface area contributed by atoms with Crippen molar-refractivity contribution in [2.75, 3.05) is 5.75 Å². The molecule has 1 aliphatic heterocycles. The van der Waals surface area contributed by atoms with Crippen molar-refractivity contribution in [2.24, 2.45) is 0 Å². The zero-order valence-electron chi connectivity index (χ0n) is 8.79. The van der Waals surface area contributed by atoms with Crippen LogP contribution < -0.4 is 0 Å². The molecule has 90 valence electrons. The smallest absolute Gasteiger partial charge is 0.252 e. The minimum absolute atomic E-state index is 0.128. The van der Waals surface area contributed by atoms with E-state index >= 15 is 0 Å². The standard InChI is InChI=1S/C9H14N2O4S/c12-6-9-10-8(11-15-9)5-7-3-1-2-4-16(7,13)14/h7,12H,1-6H2. The summed E-state index contributed by atoms with van der Waals surface area (Å²) in [6, 6.07) is 0. The Kier molecular flexibility index (Phi) is 3.25. The molecule has 6 nitrogen and oxygen atoms in total. The Labute approximate surface area is 93.6 Å². The predicted octanol–water partition coefficient (Wildman–Crippen LogP) is 0.0717. The Morgan fingerprint density at radius 1 is 1.44 bits per heavy atom. The maximum absolute atomic E-state index is 11.7.